The van der Waals surface area contributed by atoms with Crippen LogP contribution in [0.4, 0.5) is 29.0 Å². The number of nitrogen functional groups attached to an aromatic ring is 1. The van der Waals surface area contributed by atoms with Crippen LogP contribution in [-0.2, 0) is 0 Å². The Labute approximate surface area is 162 Å². The number of rotatable bonds is 6. The normalized spacial score (nSPS) is 10.3. The molecule has 4 aromatic rings. The molecule has 0 aliphatic rings. The number of benzene rings is 2. The van der Waals surface area contributed by atoms with Crippen LogP contribution >= 0.6 is 0 Å². The Hall–Kier alpha value is -4.13. The monoisotopic (exact) mass is 370 g/mol. The molecule has 4 rings (SSSR count). The third kappa shape index (κ3) is 4.53. The van der Waals surface area contributed by atoms with E-state index in [9.17, 15) is 0 Å². The summed E-state index contributed by atoms with van der Waals surface area (Å²) in [6.07, 6.45) is 3.40. The maximum atomic E-state index is 5.84. The van der Waals surface area contributed by atoms with Gasteiger partial charge in [-0.1, -0.05) is 18.2 Å². The molecule has 0 saturated heterocycles. The number of nitrogens with two attached hydrogens (primary N) is 1. The van der Waals surface area contributed by atoms with E-state index in [0.717, 1.165) is 22.9 Å². The molecule has 2 aromatic carbocycles. The van der Waals surface area contributed by atoms with Gasteiger partial charge in [-0.05, 0) is 48.5 Å². The number of nitrogens with zero attached hydrogens (tertiary/aromatic N) is 3. The summed E-state index contributed by atoms with van der Waals surface area (Å²) in [6, 6.07) is 22.7. The lowest BCUT2D eigenvalue weighted by atomic mass is 10.3. The summed E-state index contributed by atoms with van der Waals surface area (Å²) in [5, 5.41) is 6.40. The van der Waals surface area contributed by atoms with Crippen LogP contribution in [-0.4, -0.2) is 15.0 Å². The molecule has 0 bridgehead atoms. The van der Waals surface area contributed by atoms with E-state index < -0.39 is 0 Å². The highest BCUT2D eigenvalue weighted by Crippen LogP contribution is 2.25. The minimum atomic E-state index is 0.172. The van der Waals surface area contributed by atoms with Crippen molar-refractivity contribution in [2.45, 2.75) is 0 Å². The Bertz CT molecular complexity index is 1040. The van der Waals surface area contributed by atoms with Crippen LogP contribution < -0.4 is 21.1 Å². The van der Waals surface area contributed by atoms with Gasteiger partial charge in [-0.2, -0.15) is 9.97 Å². The summed E-state index contributed by atoms with van der Waals surface area (Å²) in [4.78, 5) is 12.4. The molecule has 0 radical (unpaired) electrons. The molecule has 0 unspecified atom stereocenters. The fraction of sp³-hybridized carbons (Fsp3) is 0. The van der Waals surface area contributed by atoms with Crippen molar-refractivity contribution in [1.82, 2.24) is 15.0 Å². The lowest BCUT2D eigenvalue weighted by Crippen LogP contribution is -2.03. The topological polar surface area (TPSA) is 98.0 Å². The average Bonchev–Trinajstić information content (AvgIpc) is 2.71. The van der Waals surface area contributed by atoms with Crippen molar-refractivity contribution in [3.8, 4) is 11.5 Å². The summed E-state index contributed by atoms with van der Waals surface area (Å²) >= 11 is 0. The number of pyridine rings is 1. The minimum Gasteiger partial charge on any atom is -0.457 e. The molecule has 7 nitrogen and oxygen atoms in total. The van der Waals surface area contributed by atoms with E-state index in [4.69, 9.17) is 10.5 Å². The molecular formula is C21H18N6O. The quantitative estimate of drug-likeness (QED) is 0.451. The summed E-state index contributed by atoms with van der Waals surface area (Å²) in [5.41, 5.74) is 7.56. The van der Waals surface area contributed by atoms with Gasteiger partial charge in [-0.3, -0.25) is 4.98 Å². The number of hydrogen-bond donors (Lipinski definition) is 3. The molecule has 28 heavy (non-hydrogen) atoms. The van der Waals surface area contributed by atoms with Gasteiger partial charge in [-0.25, -0.2) is 0 Å². The van der Waals surface area contributed by atoms with Crippen LogP contribution in [0.5, 0.6) is 11.5 Å². The van der Waals surface area contributed by atoms with Gasteiger partial charge < -0.3 is 21.1 Å². The minimum absolute atomic E-state index is 0.172. The predicted molar refractivity (Wildman–Crippen MR) is 110 cm³/mol. The molecule has 7 heteroatoms. The Balaban J connectivity index is 1.46. The predicted octanol–water partition coefficient (Wildman–Crippen LogP) is 4.73. The van der Waals surface area contributed by atoms with Crippen molar-refractivity contribution in [3.63, 3.8) is 0 Å². The van der Waals surface area contributed by atoms with E-state index in [1.165, 1.54) is 0 Å². The van der Waals surface area contributed by atoms with Gasteiger partial charge in [0.05, 0.1) is 0 Å². The van der Waals surface area contributed by atoms with Crippen molar-refractivity contribution < 1.29 is 4.74 Å². The van der Waals surface area contributed by atoms with Crippen molar-refractivity contribution in [2.75, 3.05) is 16.4 Å². The second-order valence-corrected chi connectivity index (χ2v) is 5.92. The van der Waals surface area contributed by atoms with Gasteiger partial charge in [-0.15, -0.1) is 0 Å². The molecule has 0 aliphatic heterocycles. The maximum absolute atomic E-state index is 5.84. The molecule has 0 spiro atoms. The molecule has 0 atom stereocenters. The van der Waals surface area contributed by atoms with Gasteiger partial charge in [0, 0.05) is 29.8 Å². The van der Waals surface area contributed by atoms with E-state index >= 15 is 0 Å². The zero-order valence-corrected chi connectivity index (χ0v) is 14.9. The Morgan fingerprint density at radius 2 is 1.25 bits per heavy atom. The van der Waals surface area contributed by atoms with Crippen LogP contribution in [0.25, 0.3) is 0 Å². The summed E-state index contributed by atoms with van der Waals surface area (Å²) in [7, 11) is 0. The molecular weight excluding hydrogens is 352 g/mol. The first-order chi connectivity index (χ1) is 13.7. The summed E-state index contributed by atoms with van der Waals surface area (Å²) < 4.78 is 5.80. The number of nitrogens with one attached hydrogen (secondary N) is 2. The highest BCUT2D eigenvalue weighted by Gasteiger charge is 2.04. The van der Waals surface area contributed by atoms with E-state index in [-0.39, 0.29) is 5.95 Å². The molecule has 138 valence electrons. The average molecular weight is 370 g/mol. The van der Waals surface area contributed by atoms with Crippen molar-refractivity contribution in [2.24, 2.45) is 0 Å². The zero-order valence-electron chi connectivity index (χ0n) is 14.9. The van der Waals surface area contributed by atoms with E-state index in [0.29, 0.717) is 11.6 Å². The van der Waals surface area contributed by atoms with Crippen LogP contribution in [0, 0.1) is 0 Å². The first-order valence-electron chi connectivity index (χ1n) is 8.66. The Morgan fingerprint density at radius 1 is 0.679 bits per heavy atom. The van der Waals surface area contributed by atoms with Crippen molar-refractivity contribution in [1.29, 1.82) is 0 Å². The number of anilines is 5. The van der Waals surface area contributed by atoms with Gasteiger partial charge >= 0.3 is 0 Å². The largest absolute Gasteiger partial charge is 0.457 e. The van der Waals surface area contributed by atoms with Crippen molar-refractivity contribution in [3.05, 3.63) is 85.2 Å². The van der Waals surface area contributed by atoms with Crippen LogP contribution in [0.1, 0.15) is 0 Å². The van der Waals surface area contributed by atoms with Crippen LogP contribution in [0.15, 0.2) is 85.2 Å². The highest BCUT2D eigenvalue weighted by molar-refractivity contribution is 5.64. The molecule has 0 amide bonds. The van der Waals surface area contributed by atoms with Gasteiger partial charge in [0.15, 0.2) is 0 Å². The molecule has 4 N–H and O–H groups in total. The standard InChI is InChI=1S/C21H18N6O/c22-21-26-19(14-20(27-21)25-16-10-12-23-13-11-16)24-15-6-8-18(9-7-15)28-17-4-2-1-3-5-17/h1-14H,(H4,22,23,24,25,26,27). The molecule has 2 aromatic heterocycles. The zero-order chi connectivity index (χ0) is 19.2. The lowest BCUT2D eigenvalue weighted by molar-refractivity contribution is 0.483. The third-order valence-electron chi connectivity index (χ3n) is 3.80. The number of para-hydroxylation sites is 1. The van der Waals surface area contributed by atoms with Gasteiger partial charge in [0.2, 0.25) is 5.95 Å². The maximum Gasteiger partial charge on any atom is 0.223 e. The van der Waals surface area contributed by atoms with Gasteiger partial charge in [0.1, 0.15) is 23.1 Å². The first kappa shape index (κ1) is 17.3. The van der Waals surface area contributed by atoms with Crippen LogP contribution in [0.3, 0.4) is 0 Å². The summed E-state index contributed by atoms with van der Waals surface area (Å²) in [5.74, 6) is 2.88. The SMILES string of the molecule is Nc1nc(Nc2ccncc2)cc(Nc2ccc(Oc3ccccc3)cc2)n1. The molecule has 0 fully saturated rings. The second-order valence-electron chi connectivity index (χ2n) is 5.92. The second kappa shape index (κ2) is 8.05. The fourth-order valence-corrected chi connectivity index (χ4v) is 2.56. The first-order valence-corrected chi connectivity index (χ1v) is 8.66. The van der Waals surface area contributed by atoms with E-state index in [2.05, 4.69) is 25.6 Å². The van der Waals surface area contributed by atoms with E-state index in [1.54, 1.807) is 18.5 Å². The number of aromatic nitrogens is 3. The highest BCUT2D eigenvalue weighted by atomic mass is 16.5. The van der Waals surface area contributed by atoms with Gasteiger partial charge in [0.25, 0.3) is 0 Å². The smallest absolute Gasteiger partial charge is 0.223 e. The molecule has 2 heterocycles. The fourth-order valence-electron chi connectivity index (χ4n) is 2.56. The Morgan fingerprint density at radius 3 is 1.89 bits per heavy atom. The van der Waals surface area contributed by atoms with E-state index in [1.807, 2.05) is 66.7 Å². The molecule has 0 saturated carbocycles. The molecule has 0 aliphatic carbocycles. The number of hydrogen-bond acceptors (Lipinski definition) is 7. The lowest BCUT2D eigenvalue weighted by Gasteiger charge is -2.11. The van der Waals surface area contributed by atoms with Crippen molar-refractivity contribution >= 4 is 29.0 Å². The third-order valence-corrected chi connectivity index (χ3v) is 3.80. The summed E-state index contributed by atoms with van der Waals surface area (Å²) in [6.45, 7) is 0. The number of ether oxygens (including phenoxy) is 1. The Kier molecular flexibility index (Phi) is 4.97. The van der Waals surface area contributed by atoms with Crippen LogP contribution in [0.2, 0.25) is 0 Å².